The van der Waals surface area contributed by atoms with Crippen LogP contribution in [0.3, 0.4) is 0 Å². The fraction of sp³-hybridized carbons (Fsp3) is 0.333. The number of nitrogens with zero attached hydrogens (tertiary/aromatic N) is 5. The molecule has 0 amide bonds. The summed E-state index contributed by atoms with van der Waals surface area (Å²) in [6, 6.07) is 7.27. The van der Waals surface area contributed by atoms with Crippen molar-refractivity contribution in [3.63, 3.8) is 0 Å². The molecule has 2 aromatic heterocycles. The smallest absolute Gasteiger partial charge is 0.326 e. The van der Waals surface area contributed by atoms with Crippen LogP contribution in [0.2, 0.25) is 0 Å². The average molecular weight is 297 g/mol. The summed E-state index contributed by atoms with van der Waals surface area (Å²) >= 11 is 0. The maximum Gasteiger partial charge on any atom is 0.326 e. The normalized spacial score (nSPS) is 18.4. The van der Waals surface area contributed by atoms with Crippen LogP contribution in [0.25, 0.3) is 16.4 Å². The van der Waals surface area contributed by atoms with Gasteiger partial charge in [0, 0.05) is 17.3 Å². The predicted molar refractivity (Wildman–Crippen MR) is 81.0 cm³/mol. The molecule has 0 saturated carbocycles. The molecule has 3 aromatic rings. The number of aryl methyl sites for hydroxylation is 1. The lowest BCUT2D eigenvalue weighted by molar-refractivity contribution is -0.138. The van der Waals surface area contributed by atoms with E-state index in [1.54, 1.807) is 4.52 Å². The van der Waals surface area contributed by atoms with Gasteiger partial charge in [-0.3, -0.25) is 0 Å². The van der Waals surface area contributed by atoms with Crippen LogP contribution in [0.15, 0.2) is 24.3 Å². The zero-order valence-corrected chi connectivity index (χ0v) is 12.1. The molecule has 0 bridgehead atoms. The van der Waals surface area contributed by atoms with Gasteiger partial charge in [0.15, 0.2) is 17.3 Å². The molecule has 0 radical (unpaired) electrons. The minimum Gasteiger partial charge on any atom is -0.480 e. The Morgan fingerprint density at radius 3 is 2.82 bits per heavy atom. The fourth-order valence-corrected chi connectivity index (χ4v) is 3.16. The van der Waals surface area contributed by atoms with Gasteiger partial charge in [-0.05, 0) is 19.8 Å². The summed E-state index contributed by atoms with van der Waals surface area (Å²) in [6.45, 7) is 2.53. The molecule has 3 heterocycles. The highest BCUT2D eigenvalue weighted by Crippen LogP contribution is 2.32. The fourth-order valence-electron chi connectivity index (χ4n) is 3.16. The van der Waals surface area contributed by atoms with Gasteiger partial charge in [-0.15, -0.1) is 15.3 Å². The van der Waals surface area contributed by atoms with Crippen molar-refractivity contribution in [2.75, 3.05) is 11.4 Å². The minimum atomic E-state index is -0.802. The first-order chi connectivity index (χ1) is 10.7. The van der Waals surface area contributed by atoms with Crippen LogP contribution in [0.1, 0.15) is 18.7 Å². The van der Waals surface area contributed by atoms with E-state index in [9.17, 15) is 9.90 Å². The van der Waals surface area contributed by atoms with Crippen LogP contribution in [0.5, 0.6) is 0 Å². The molecule has 1 aliphatic rings. The predicted octanol–water partition coefficient (Wildman–Crippen LogP) is 1.64. The van der Waals surface area contributed by atoms with Crippen molar-refractivity contribution in [2.45, 2.75) is 25.8 Å². The third-order valence-electron chi connectivity index (χ3n) is 4.21. The van der Waals surface area contributed by atoms with E-state index in [2.05, 4.69) is 15.3 Å². The molecule has 1 N–H and O–H groups in total. The van der Waals surface area contributed by atoms with E-state index in [4.69, 9.17) is 0 Å². The van der Waals surface area contributed by atoms with E-state index >= 15 is 0 Å². The largest absolute Gasteiger partial charge is 0.480 e. The van der Waals surface area contributed by atoms with E-state index in [0.717, 1.165) is 17.2 Å². The molecule has 4 rings (SSSR count). The molecular weight excluding hydrogens is 282 g/mol. The number of carboxylic acid groups (broad SMARTS) is 1. The summed E-state index contributed by atoms with van der Waals surface area (Å²) < 4.78 is 1.69. The van der Waals surface area contributed by atoms with Crippen molar-refractivity contribution in [1.82, 2.24) is 19.8 Å². The van der Waals surface area contributed by atoms with Gasteiger partial charge in [-0.1, -0.05) is 24.3 Å². The quantitative estimate of drug-likeness (QED) is 0.774. The number of carbonyl (C=O) groups is 1. The monoisotopic (exact) mass is 297 g/mol. The second-order valence-corrected chi connectivity index (χ2v) is 5.54. The summed E-state index contributed by atoms with van der Waals surface area (Å²) in [5, 5.41) is 24.2. The summed E-state index contributed by atoms with van der Waals surface area (Å²) in [7, 11) is 0. The van der Waals surface area contributed by atoms with Crippen LogP contribution in [0, 0.1) is 6.92 Å². The van der Waals surface area contributed by atoms with E-state index in [0.29, 0.717) is 30.3 Å². The van der Waals surface area contributed by atoms with Crippen molar-refractivity contribution in [2.24, 2.45) is 0 Å². The Morgan fingerprint density at radius 1 is 1.27 bits per heavy atom. The van der Waals surface area contributed by atoms with E-state index in [-0.39, 0.29) is 0 Å². The maximum atomic E-state index is 11.5. The van der Waals surface area contributed by atoms with Gasteiger partial charge in [0.25, 0.3) is 0 Å². The van der Waals surface area contributed by atoms with E-state index in [1.807, 2.05) is 36.1 Å². The number of fused-ring (bicyclic) bond motifs is 3. The van der Waals surface area contributed by atoms with Gasteiger partial charge in [-0.2, -0.15) is 4.52 Å². The molecule has 112 valence electrons. The first-order valence-corrected chi connectivity index (χ1v) is 7.27. The van der Waals surface area contributed by atoms with Crippen molar-refractivity contribution in [3.8, 4) is 0 Å². The molecule has 7 nitrogen and oxygen atoms in total. The Morgan fingerprint density at radius 2 is 2.05 bits per heavy atom. The lowest BCUT2D eigenvalue weighted by atomic mass is 10.1. The molecule has 1 fully saturated rings. The highest BCUT2D eigenvalue weighted by molar-refractivity contribution is 6.01. The van der Waals surface area contributed by atoms with Crippen LogP contribution in [-0.2, 0) is 4.79 Å². The van der Waals surface area contributed by atoms with Gasteiger partial charge in [0.1, 0.15) is 6.04 Å². The molecule has 1 aromatic carbocycles. The summed E-state index contributed by atoms with van der Waals surface area (Å²) in [5.74, 6) is 0.577. The zero-order chi connectivity index (χ0) is 15.3. The SMILES string of the molecule is Cc1nnc2c3ccccc3c(N3CCC[C@H]3C(=O)O)nn12. The van der Waals surface area contributed by atoms with Gasteiger partial charge >= 0.3 is 5.97 Å². The van der Waals surface area contributed by atoms with Crippen molar-refractivity contribution in [1.29, 1.82) is 0 Å². The number of aromatic nitrogens is 4. The number of hydrogen-bond acceptors (Lipinski definition) is 5. The molecule has 0 spiro atoms. The lowest BCUT2D eigenvalue weighted by Gasteiger charge is -2.23. The van der Waals surface area contributed by atoms with Crippen molar-refractivity contribution >= 4 is 28.2 Å². The molecular formula is C15H15N5O2. The van der Waals surface area contributed by atoms with Crippen molar-refractivity contribution in [3.05, 3.63) is 30.1 Å². The van der Waals surface area contributed by atoms with Crippen LogP contribution in [0.4, 0.5) is 5.82 Å². The van der Waals surface area contributed by atoms with Crippen LogP contribution < -0.4 is 4.90 Å². The first kappa shape index (κ1) is 13.0. The Bertz CT molecular complexity index is 888. The number of rotatable bonds is 2. The average Bonchev–Trinajstić information content (AvgIpc) is 3.14. The Hall–Kier alpha value is -2.70. The molecule has 22 heavy (non-hydrogen) atoms. The number of anilines is 1. The second-order valence-electron chi connectivity index (χ2n) is 5.54. The van der Waals surface area contributed by atoms with E-state index in [1.165, 1.54) is 0 Å². The lowest BCUT2D eigenvalue weighted by Crippen LogP contribution is -2.36. The molecule has 1 atom stereocenters. The second kappa shape index (κ2) is 4.66. The minimum absolute atomic E-state index is 0.523. The Kier molecular flexibility index (Phi) is 2.75. The van der Waals surface area contributed by atoms with Crippen LogP contribution >= 0.6 is 0 Å². The van der Waals surface area contributed by atoms with Crippen molar-refractivity contribution < 1.29 is 9.90 Å². The number of aliphatic carboxylic acids is 1. The number of benzene rings is 1. The number of carboxylic acids is 1. The molecule has 0 aliphatic carbocycles. The summed E-state index contributed by atoms with van der Waals surface area (Å²) in [6.07, 6.45) is 1.50. The molecule has 0 unspecified atom stereocenters. The summed E-state index contributed by atoms with van der Waals surface area (Å²) in [4.78, 5) is 13.4. The molecule has 7 heteroatoms. The number of hydrogen-bond donors (Lipinski definition) is 1. The van der Waals surface area contributed by atoms with E-state index < -0.39 is 12.0 Å². The van der Waals surface area contributed by atoms with Gasteiger partial charge < -0.3 is 10.0 Å². The summed E-state index contributed by atoms with van der Waals surface area (Å²) in [5.41, 5.74) is 0.697. The molecule has 1 saturated heterocycles. The van der Waals surface area contributed by atoms with Gasteiger partial charge in [0.05, 0.1) is 0 Å². The third kappa shape index (κ3) is 1.75. The topological polar surface area (TPSA) is 83.6 Å². The van der Waals surface area contributed by atoms with Crippen LogP contribution in [-0.4, -0.2) is 43.5 Å². The van der Waals surface area contributed by atoms with Gasteiger partial charge in [-0.25, -0.2) is 4.79 Å². The third-order valence-corrected chi connectivity index (χ3v) is 4.21. The highest BCUT2D eigenvalue weighted by Gasteiger charge is 2.33. The zero-order valence-electron chi connectivity index (χ0n) is 12.1. The standard InChI is InChI=1S/C15H15N5O2/c1-9-16-17-13-10-5-2-3-6-11(10)14(18-20(9)13)19-8-4-7-12(19)15(21)22/h2-3,5-6,12H,4,7-8H2,1H3,(H,21,22)/t12-/m0/s1. The van der Waals surface area contributed by atoms with Gasteiger partial charge in [0.2, 0.25) is 0 Å². The Balaban J connectivity index is 2.03. The molecule has 1 aliphatic heterocycles. The first-order valence-electron chi connectivity index (χ1n) is 7.27. The Labute approximate surface area is 126 Å². The highest BCUT2D eigenvalue weighted by atomic mass is 16.4. The maximum absolute atomic E-state index is 11.5.